The van der Waals surface area contributed by atoms with E-state index in [0.717, 1.165) is 12.2 Å². The molecule has 1 rings (SSSR count). The number of nitrogens with two attached hydrogens (primary N) is 1. The maximum atomic E-state index is 5.75. The third kappa shape index (κ3) is 3.69. The van der Waals surface area contributed by atoms with Crippen molar-refractivity contribution >= 4 is 11.5 Å². The first-order chi connectivity index (χ1) is 6.01. The van der Waals surface area contributed by atoms with Crippen molar-refractivity contribution in [2.75, 3.05) is 6.61 Å². The van der Waals surface area contributed by atoms with Crippen molar-refractivity contribution in [2.24, 2.45) is 5.73 Å². The van der Waals surface area contributed by atoms with Gasteiger partial charge in [-0.2, -0.15) is 9.36 Å². The summed E-state index contributed by atoms with van der Waals surface area (Å²) in [6.07, 6.45) is 0.839. The van der Waals surface area contributed by atoms with Crippen molar-refractivity contribution in [3.8, 4) is 5.19 Å². The largest absolute Gasteiger partial charge is 0.467 e. The molecule has 0 bridgehead atoms. The van der Waals surface area contributed by atoms with Crippen LogP contribution in [0, 0.1) is 0 Å². The summed E-state index contributed by atoms with van der Waals surface area (Å²) in [5.74, 6) is 0.829. The Hall–Kier alpha value is -0.680. The minimum atomic E-state index is -0.321. The van der Waals surface area contributed by atoms with Gasteiger partial charge in [0.15, 0.2) is 0 Å². The molecule has 0 amide bonds. The highest BCUT2D eigenvalue weighted by atomic mass is 32.1. The van der Waals surface area contributed by atoms with Gasteiger partial charge in [-0.15, -0.1) is 0 Å². The Balaban J connectivity index is 2.46. The molecule has 2 N–H and O–H groups in total. The summed E-state index contributed by atoms with van der Waals surface area (Å²) in [5.41, 5.74) is 5.43. The van der Waals surface area contributed by atoms with E-state index in [1.54, 1.807) is 0 Å². The first kappa shape index (κ1) is 10.4. The van der Waals surface area contributed by atoms with Gasteiger partial charge in [-0.05, 0) is 13.8 Å². The van der Waals surface area contributed by atoms with Gasteiger partial charge in [0.05, 0.1) is 0 Å². The Bertz CT molecular complexity index is 267. The fraction of sp³-hybridized carbons (Fsp3) is 0.750. The summed E-state index contributed by atoms with van der Waals surface area (Å²) in [7, 11) is 0. The van der Waals surface area contributed by atoms with Gasteiger partial charge in [-0.3, -0.25) is 0 Å². The predicted molar refractivity (Wildman–Crippen MR) is 53.0 cm³/mol. The molecule has 1 aromatic rings. The average Bonchev–Trinajstić information content (AvgIpc) is 2.47. The highest BCUT2D eigenvalue weighted by Gasteiger charge is 2.13. The molecule has 0 radical (unpaired) electrons. The van der Waals surface area contributed by atoms with Crippen molar-refractivity contribution in [3.05, 3.63) is 5.82 Å². The van der Waals surface area contributed by atoms with E-state index in [1.807, 2.05) is 20.8 Å². The zero-order valence-electron chi connectivity index (χ0n) is 8.20. The fourth-order valence-electron chi connectivity index (χ4n) is 0.688. The van der Waals surface area contributed by atoms with E-state index >= 15 is 0 Å². The molecule has 0 spiro atoms. The molecule has 5 heteroatoms. The van der Waals surface area contributed by atoms with Crippen LogP contribution in [0.1, 0.15) is 26.6 Å². The van der Waals surface area contributed by atoms with Gasteiger partial charge in [0.1, 0.15) is 12.4 Å². The molecule has 0 atom stereocenters. The Morgan fingerprint density at radius 1 is 1.54 bits per heavy atom. The molecular weight excluding hydrogens is 186 g/mol. The second-order valence-electron chi connectivity index (χ2n) is 3.61. The number of hydrogen-bond acceptors (Lipinski definition) is 5. The summed E-state index contributed by atoms with van der Waals surface area (Å²) in [6.45, 7) is 6.30. The lowest BCUT2D eigenvalue weighted by molar-refractivity contribution is 0.242. The number of rotatable bonds is 4. The van der Waals surface area contributed by atoms with Crippen LogP contribution in [0.5, 0.6) is 5.19 Å². The summed E-state index contributed by atoms with van der Waals surface area (Å²) in [5, 5.41) is 0.607. The van der Waals surface area contributed by atoms with E-state index in [9.17, 15) is 0 Å². The number of hydrogen-bond donors (Lipinski definition) is 1. The van der Waals surface area contributed by atoms with Crippen molar-refractivity contribution in [1.82, 2.24) is 9.36 Å². The fourth-order valence-corrected chi connectivity index (χ4v) is 1.30. The predicted octanol–water partition coefficient (Wildman–Crippen LogP) is 1.22. The molecule has 0 aliphatic carbocycles. The normalized spacial score (nSPS) is 11.7. The molecule has 13 heavy (non-hydrogen) atoms. The van der Waals surface area contributed by atoms with Crippen molar-refractivity contribution in [1.29, 1.82) is 0 Å². The molecule has 0 saturated heterocycles. The number of aromatic nitrogens is 2. The van der Waals surface area contributed by atoms with E-state index < -0.39 is 0 Å². The lowest BCUT2D eigenvalue weighted by Gasteiger charge is -2.16. The second-order valence-corrected chi connectivity index (χ2v) is 4.32. The Morgan fingerprint density at radius 3 is 2.69 bits per heavy atom. The molecular formula is C8H15N3OS. The molecule has 74 valence electrons. The second kappa shape index (κ2) is 4.02. The minimum Gasteiger partial charge on any atom is -0.467 e. The first-order valence-electron chi connectivity index (χ1n) is 4.25. The monoisotopic (exact) mass is 201 g/mol. The minimum absolute atomic E-state index is 0.321. The molecule has 4 nitrogen and oxygen atoms in total. The molecule has 0 unspecified atom stereocenters. The van der Waals surface area contributed by atoms with E-state index in [2.05, 4.69) is 9.36 Å². The van der Waals surface area contributed by atoms with Crippen LogP contribution in [0.3, 0.4) is 0 Å². The Morgan fingerprint density at radius 2 is 2.23 bits per heavy atom. The molecule has 1 heterocycles. The molecule has 1 aromatic heterocycles. The van der Waals surface area contributed by atoms with Gasteiger partial charge in [0.2, 0.25) is 0 Å². The van der Waals surface area contributed by atoms with Crippen LogP contribution in [-0.4, -0.2) is 21.5 Å². The van der Waals surface area contributed by atoms with Gasteiger partial charge in [-0.1, -0.05) is 6.92 Å². The van der Waals surface area contributed by atoms with Crippen molar-refractivity contribution in [3.63, 3.8) is 0 Å². The van der Waals surface area contributed by atoms with E-state index in [0.29, 0.717) is 11.8 Å². The van der Waals surface area contributed by atoms with Crippen LogP contribution >= 0.6 is 11.5 Å². The third-order valence-corrected chi connectivity index (χ3v) is 2.00. The van der Waals surface area contributed by atoms with Gasteiger partial charge in [-0.25, -0.2) is 0 Å². The Labute approximate surface area is 82.3 Å². The van der Waals surface area contributed by atoms with E-state index in [4.69, 9.17) is 10.5 Å². The molecule has 0 aromatic carbocycles. The van der Waals surface area contributed by atoms with Crippen molar-refractivity contribution < 1.29 is 4.74 Å². The van der Waals surface area contributed by atoms with Crippen molar-refractivity contribution in [2.45, 2.75) is 32.7 Å². The lowest BCUT2D eigenvalue weighted by atomic mass is 10.1. The van der Waals surface area contributed by atoms with Crippen LogP contribution in [0.4, 0.5) is 0 Å². The van der Waals surface area contributed by atoms with E-state index in [-0.39, 0.29) is 5.54 Å². The highest BCUT2D eigenvalue weighted by molar-refractivity contribution is 7.07. The summed E-state index contributed by atoms with van der Waals surface area (Å²) in [6, 6.07) is 0. The molecule has 0 fully saturated rings. The van der Waals surface area contributed by atoms with Crippen LogP contribution in [-0.2, 0) is 6.42 Å². The molecule has 0 saturated carbocycles. The third-order valence-electron chi connectivity index (χ3n) is 1.33. The maximum Gasteiger partial charge on any atom is 0.293 e. The zero-order valence-corrected chi connectivity index (χ0v) is 9.02. The topological polar surface area (TPSA) is 61.0 Å². The lowest BCUT2D eigenvalue weighted by Crippen LogP contribution is -2.38. The highest BCUT2D eigenvalue weighted by Crippen LogP contribution is 2.15. The van der Waals surface area contributed by atoms with Gasteiger partial charge < -0.3 is 10.5 Å². The average molecular weight is 201 g/mol. The number of aryl methyl sites for hydroxylation is 1. The van der Waals surface area contributed by atoms with Crippen LogP contribution < -0.4 is 10.5 Å². The first-order valence-corrected chi connectivity index (χ1v) is 5.03. The molecule has 0 aliphatic heterocycles. The number of ether oxygens (including phenoxy) is 1. The number of nitrogens with zero attached hydrogens (tertiary/aromatic N) is 2. The van der Waals surface area contributed by atoms with Crippen LogP contribution in [0.25, 0.3) is 0 Å². The summed E-state index contributed by atoms with van der Waals surface area (Å²) >= 11 is 1.28. The van der Waals surface area contributed by atoms with E-state index in [1.165, 1.54) is 11.5 Å². The SMILES string of the molecule is CCc1nsc(OCC(C)(C)N)n1. The van der Waals surface area contributed by atoms with Crippen LogP contribution in [0.2, 0.25) is 0 Å². The van der Waals surface area contributed by atoms with Gasteiger partial charge in [0, 0.05) is 23.5 Å². The van der Waals surface area contributed by atoms with Gasteiger partial charge >= 0.3 is 0 Å². The summed E-state index contributed by atoms with van der Waals surface area (Å²) < 4.78 is 9.47. The van der Waals surface area contributed by atoms with Crippen LogP contribution in [0.15, 0.2) is 0 Å². The Kier molecular flexibility index (Phi) is 3.22. The van der Waals surface area contributed by atoms with Gasteiger partial charge in [0.25, 0.3) is 5.19 Å². The quantitative estimate of drug-likeness (QED) is 0.795. The maximum absolute atomic E-state index is 5.75. The smallest absolute Gasteiger partial charge is 0.293 e. The zero-order chi connectivity index (χ0) is 9.90. The summed E-state index contributed by atoms with van der Waals surface area (Å²) in [4.78, 5) is 4.16. The molecule has 0 aliphatic rings. The standard InChI is InChI=1S/C8H15N3OS/c1-4-6-10-7(13-11-6)12-5-8(2,3)9/h4-5,9H2,1-3H3.